The van der Waals surface area contributed by atoms with Gasteiger partial charge < -0.3 is 4.74 Å². The van der Waals surface area contributed by atoms with Crippen LogP contribution in [-0.2, 0) is 5.66 Å². The molecule has 0 bridgehead atoms. The van der Waals surface area contributed by atoms with Gasteiger partial charge in [0.05, 0.1) is 6.61 Å². The summed E-state index contributed by atoms with van der Waals surface area (Å²) >= 11 is 0. The topological polar surface area (TPSA) is 34.2 Å². The Morgan fingerprint density at radius 1 is 1.04 bits per heavy atom. The van der Waals surface area contributed by atoms with E-state index < -0.39 is 17.4 Å². The van der Waals surface area contributed by atoms with Gasteiger partial charge in [0.15, 0.2) is 0 Å². The third-order valence-electron chi connectivity index (χ3n) is 5.30. The zero-order chi connectivity index (χ0) is 20.6. The van der Waals surface area contributed by atoms with Crippen LogP contribution in [0.25, 0.3) is 0 Å². The van der Waals surface area contributed by atoms with Crippen molar-refractivity contribution >= 4 is 0 Å². The average molecular weight is 392 g/mol. The molecule has 0 radical (unpaired) electrons. The Morgan fingerprint density at radius 3 is 2.36 bits per heavy atom. The number of nitrogens with one attached hydrogen (secondary N) is 1. The van der Waals surface area contributed by atoms with Gasteiger partial charge in [0.25, 0.3) is 0 Å². The molecule has 1 saturated heterocycles. The van der Waals surface area contributed by atoms with Crippen LogP contribution in [0.3, 0.4) is 0 Å². The molecule has 0 amide bonds. The van der Waals surface area contributed by atoms with Gasteiger partial charge in [-0.25, -0.2) is 10.4 Å². The van der Waals surface area contributed by atoms with Gasteiger partial charge in [-0.2, -0.15) is 13.2 Å². The van der Waals surface area contributed by atoms with Gasteiger partial charge in [0.1, 0.15) is 5.75 Å². The SMILES string of the molecule is Cc1ccc(C)c(OCCCC(C)(C)N2NC2(c2ccccc2)C(F)(F)F)c1. The molecule has 1 aliphatic heterocycles. The summed E-state index contributed by atoms with van der Waals surface area (Å²) in [5.41, 5.74) is 2.20. The molecule has 28 heavy (non-hydrogen) atoms. The first-order chi connectivity index (χ1) is 13.1. The van der Waals surface area contributed by atoms with E-state index in [1.165, 1.54) is 17.1 Å². The molecule has 3 rings (SSSR count). The predicted molar refractivity (Wildman–Crippen MR) is 104 cm³/mol. The van der Waals surface area contributed by atoms with Crippen molar-refractivity contribution in [1.82, 2.24) is 10.4 Å². The summed E-state index contributed by atoms with van der Waals surface area (Å²) in [7, 11) is 0. The maximum absolute atomic E-state index is 13.9. The molecule has 2 unspecified atom stereocenters. The summed E-state index contributed by atoms with van der Waals surface area (Å²) in [6.45, 7) is 8.10. The maximum atomic E-state index is 13.9. The molecular formula is C22H27F3N2O. The highest BCUT2D eigenvalue weighted by atomic mass is 19.4. The molecule has 2 aromatic rings. The summed E-state index contributed by atoms with van der Waals surface area (Å²) in [4.78, 5) is 0. The fourth-order valence-electron chi connectivity index (χ4n) is 3.63. The number of rotatable bonds is 7. The first kappa shape index (κ1) is 20.7. The van der Waals surface area contributed by atoms with Gasteiger partial charge in [-0.1, -0.05) is 42.5 Å². The largest absolute Gasteiger partial charge is 0.493 e. The Bertz CT molecular complexity index is 820. The van der Waals surface area contributed by atoms with Crippen molar-refractivity contribution in [3.05, 3.63) is 65.2 Å². The van der Waals surface area contributed by atoms with Crippen LogP contribution in [0.1, 0.15) is 43.4 Å². The molecule has 1 heterocycles. The fraction of sp³-hybridized carbons (Fsp3) is 0.455. The summed E-state index contributed by atoms with van der Waals surface area (Å²) in [6.07, 6.45) is -3.20. The number of nitrogens with zero attached hydrogens (tertiary/aromatic N) is 1. The van der Waals surface area contributed by atoms with E-state index in [0.717, 1.165) is 16.9 Å². The summed E-state index contributed by atoms with van der Waals surface area (Å²) in [5.74, 6) is 0.830. The second kappa shape index (κ2) is 7.41. The Labute approximate surface area is 164 Å². The third kappa shape index (κ3) is 3.89. The van der Waals surface area contributed by atoms with E-state index in [2.05, 4.69) is 5.43 Å². The van der Waals surface area contributed by atoms with Crippen LogP contribution < -0.4 is 10.2 Å². The number of hydrogen-bond acceptors (Lipinski definition) is 3. The number of alkyl halides is 3. The van der Waals surface area contributed by atoms with Gasteiger partial charge in [-0.15, -0.1) is 0 Å². The van der Waals surface area contributed by atoms with Crippen LogP contribution >= 0.6 is 0 Å². The van der Waals surface area contributed by atoms with Crippen LogP contribution in [0, 0.1) is 13.8 Å². The van der Waals surface area contributed by atoms with E-state index in [1.54, 1.807) is 18.2 Å². The summed E-state index contributed by atoms with van der Waals surface area (Å²) < 4.78 is 47.6. The Morgan fingerprint density at radius 2 is 1.71 bits per heavy atom. The van der Waals surface area contributed by atoms with Crippen molar-refractivity contribution in [2.75, 3.05) is 6.61 Å². The minimum atomic E-state index is -4.42. The zero-order valence-corrected chi connectivity index (χ0v) is 16.7. The number of halogens is 3. The number of benzene rings is 2. The van der Waals surface area contributed by atoms with Crippen LogP contribution in [0.4, 0.5) is 13.2 Å². The van der Waals surface area contributed by atoms with Crippen molar-refractivity contribution in [2.24, 2.45) is 0 Å². The first-order valence-corrected chi connectivity index (χ1v) is 9.48. The van der Waals surface area contributed by atoms with E-state index in [1.807, 2.05) is 45.9 Å². The molecule has 3 nitrogen and oxygen atoms in total. The van der Waals surface area contributed by atoms with Gasteiger partial charge in [0.2, 0.25) is 5.66 Å². The smallest absolute Gasteiger partial charge is 0.427 e. The molecule has 1 fully saturated rings. The Kier molecular flexibility index (Phi) is 5.47. The van der Waals surface area contributed by atoms with Crippen LogP contribution in [0.5, 0.6) is 5.75 Å². The van der Waals surface area contributed by atoms with Crippen molar-refractivity contribution in [1.29, 1.82) is 0 Å². The van der Waals surface area contributed by atoms with Crippen LogP contribution in [-0.4, -0.2) is 23.3 Å². The number of hydrazine groups is 1. The zero-order valence-electron chi connectivity index (χ0n) is 16.7. The van der Waals surface area contributed by atoms with Gasteiger partial charge >= 0.3 is 6.18 Å². The quantitative estimate of drug-likeness (QED) is 0.501. The molecule has 0 aromatic heterocycles. The molecule has 2 aromatic carbocycles. The normalized spacial score (nSPS) is 22.2. The van der Waals surface area contributed by atoms with Crippen LogP contribution in [0.2, 0.25) is 0 Å². The molecule has 0 aliphatic carbocycles. The molecule has 1 N–H and O–H groups in total. The lowest BCUT2D eigenvalue weighted by Crippen LogP contribution is -2.42. The third-order valence-corrected chi connectivity index (χ3v) is 5.30. The average Bonchev–Trinajstić information content (AvgIpc) is 3.40. The monoisotopic (exact) mass is 392 g/mol. The van der Waals surface area contributed by atoms with Crippen molar-refractivity contribution < 1.29 is 17.9 Å². The number of ether oxygens (including phenoxy) is 1. The highest BCUT2D eigenvalue weighted by Crippen LogP contribution is 2.53. The second-order valence-corrected chi connectivity index (χ2v) is 8.05. The van der Waals surface area contributed by atoms with E-state index in [9.17, 15) is 13.2 Å². The second-order valence-electron chi connectivity index (χ2n) is 8.05. The molecule has 0 saturated carbocycles. The number of hydrogen-bond donors (Lipinski definition) is 1. The van der Waals surface area contributed by atoms with E-state index in [0.29, 0.717) is 19.4 Å². The maximum Gasteiger partial charge on any atom is 0.427 e. The van der Waals surface area contributed by atoms with E-state index in [4.69, 9.17) is 4.74 Å². The molecular weight excluding hydrogens is 365 g/mol. The highest BCUT2D eigenvalue weighted by molar-refractivity contribution is 5.36. The predicted octanol–water partition coefficient (Wildman–Crippen LogP) is 5.48. The van der Waals surface area contributed by atoms with E-state index >= 15 is 0 Å². The lowest BCUT2D eigenvalue weighted by atomic mass is 9.94. The van der Waals surface area contributed by atoms with Crippen LogP contribution in [0.15, 0.2) is 48.5 Å². The van der Waals surface area contributed by atoms with Crippen molar-refractivity contribution in [2.45, 2.75) is 57.9 Å². The van der Waals surface area contributed by atoms with Crippen molar-refractivity contribution in [3.63, 3.8) is 0 Å². The minimum absolute atomic E-state index is 0.210. The Balaban J connectivity index is 1.64. The molecule has 0 spiro atoms. The van der Waals surface area contributed by atoms with Gasteiger partial charge in [-0.3, -0.25) is 0 Å². The highest BCUT2D eigenvalue weighted by Gasteiger charge is 2.74. The van der Waals surface area contributed by atoms with Gasteiger partial charge in [-0.05, 0) is 63.3 Å². The summed E-state index contributed by atoms with van der Waals surface area (Å²) in [6, 6.07) is 14.0. The van der Waals surface area contributed by atoms with Gasteiger partial charge in [0, 0.05) is 5.54 Å². The Hall–Kier alpha value is -2.05. The standard InChI is InChI=1S/C22H27F3N2O/c1-16-11-12-17(2)19(15-16)28-14-8-13-20(3,4)27-21(26-27,22(23,24)25)18-9-6-5-7-10-18/h5-7,9-12,15,26H,8,13-14H2,1-4H3. The minimum Gasteiger partial charge on any atom is -0.493 e. The molecule has 152 valence electrons. The molecule has 6 heteroatoms. The lowest BCUT2D eigenvalue weighted by Gasteiger charge is -2.30. The number of aryl methyl sites for hydroxylation is 2. The van der Waals surface area contributed by atoms with E-state index in [-0.39, 0.29) is 5.56 Å². The lowest BCUT2D eigenvalue weighted by molar-refractivity contribution is -0.180. The molecule has 1 aliphatic rings. The summed E-state index contributed by atoms with van der Waals surface area (Å²) in [5, 5.41) is 1.33. The fourth-order valence-corrected chi connectivity index (χ4v) is 3.63. The molecule has 2 atom stereocenters. The van der Waals surface area contributed by atoms with Crippen molar-refractivity contribution in [3.8, 4) is 5.75 Å². The first-order valence-electron chi connectivity index (χ1n) is 9.48.